The summed E-state index contributed by atoms with van der Waals surface area (Å²) in [5, 5.41) is 0. The van der Waals surface area contributed by atoms with Gasteiger partial charge in [-0.3, -0.25) is 4.79 Å². The number of carbonyl (C=O) groups is 1. The first-order valence-electron chi connectivity index (χ1n) is 6.61. The van der Waals surface area contributed by atoms with Crippen LogP contribution in [0.1, 0.15) is 39.7 Å². The highest BCUT2D eigenvalue weighted by molar-refractivity contribution is 7.84. The number of nitrogens with one attached hydrogen (secondary N) is 1. The Kier molecular flexibility index (Phi) is 5.64. The van der Waals surface area contributed by atoms with Crippen LogP contribution in [-0.2, 0) is 26.1 Å². The summed E-state index contributed by atoms with van der Waals surface area (Å²) in [7, 11) is -0.190. The molecule has 4 nitrogen and oxygen atoms in total. The van der Waals surface area contributed by atoms with E-state index in [1.807, 2.05) is 0 Å². The molecule has 0 saturated carbocycles. The monoisotopic (exact) mass is 315 g/mol. The Morgan fingerprint density at radius 1 is 1.29 bits per heavy atom. The molecule has 0 aliphatic rings. The van der Waals surface area contributed by atoms with E-state index in [1.54, 1.807) is 45.9 Å². The molecular formula is C15H22FNO3S. The van der Waals surface area contributed by atoms with Crippen LogP contribution in [0, 0.1) is 5.82 Å². The number of benzene rings is 1. The van der Waals surface area contributed by atoms with Gasteiger partial charge in [-0.05, 0) is 33.8 Å². The molecule has 0 heterocycles. The minimum absolute atomic E-state index is 0.119. The molecule has 0 unspecified atom stereocenters. The first-order valence-corrected chi connectivity index (χ1v) is 7.76. The third-order valence-corrected chi connectivity index (χ3v) is 4.82. The number of rotatable bonds is 5. The van der Waals surface area contributed by atoms with E-state index in [4.69, 9.17) is 0 Å². The van der Waals surface area contributed by atoms with Crippen LogP contribution >= 0.6 is 0 Å². The third kappa shape index (κ3) is 4.61. The van der Waals surface area contributed by atoms with Crippen molar-refractivity contribution in [3.05, 3.63) is 35.6 Å². The van der Waals surface area contributed by atoms with Gasteiger partial charge in [-0.15, -0.1) is 0 Å². The summed E-state index contributed by atoms with van der Waals surface area (Å²) < 4.78 is 33.5. The zero-order valence-electron chi connectivity index (χ0n) is 13.0. The number of hydrogen-bond donors (Lipinski definition) is 1. The Balaban J connectivity index is 3.21. The lowest BCUT2D eigenvalue weighted by atomic mass is 9.89. The van der Waals surface area contributed by atoms with Crippen LogP contribution in [0.5, 0.6) is 0 Å². The van der Waals surface area contributed by atoms with Gasteiger partial charge < -0.3 is 4.74 Å². The zero-order valence-corrected chi connectivity index (χ0v) is 13.8. The molecule has 0 amide bonds. The number of halogens is 1. The van der Waals surface area contributed by atoms with Gasteiger partial charge in [-0.25, -0.2) is 13.3 Å². The summed E-state index contributed by atoms with van der Waals surface area (Å²) in [4.78, 5) is 11.7. The fourth-order valence-corrected chi connectivity index (χ4v) is 2.71. The van der Waals surface area contributed by atoms with E-state index in [9.17, 15) is 13.4 Å². The van der Waals surface area contributed by atoms with E-state index >= 15 is 0 Å². The lowest BCUT2D eigenvalue weighted by molar-refractivity contribution is -0.142. The van der Waals surface area contributed by atoms with E-state index < -0.39 is 33.1 Å². The first-order chi connectivity index (χ1) is 9.60. The second-order valence-electron chi connectivity index (χ2n) is 6.05. The summed E-state index contributed by atoms with van der Waals surface area (Å²) in [5.74, 6) is -0.957. The van der Waals surface area contributed by atoms with Crippen molar-refractivity contribution < 1.29 is 18.1 Å². The molecule has 118 valence electrons. The molecule has 2 atom stereocenters. The molecule has 1 aromatic rings. The standard InChI is InChI=1S/C15H22FNO3S/c1-14(2,3)21(19)17-15(4,10-13(18)20-5)11-8-6-7-9-12(11)16/h6-9,17H,10H2,1-5H3/t15-,21-/m0/s1. The highest BCUT2D eigenvalue weighted by Gasteiger charge is 2.36. The van der Waals surface area contributed by atoms with Crippen molar-refractivity contribution in [2.45, 2.75) is 44.4 Å². The second-order valence-corrected chi connectivity index (χ2v) is 8.01. The molecule has 6 heteroatoms. The van der Waals surface area contributed by atoms with Crippen LogP contribution in [0.3, 0.4) is 0 Å². The summed E-state index contributed by atoms with van der Waals surface area (Å²) in [6.07, 6.45) is -0.119. The van der Waals surface area contributed by atoms with Crippen molar-refractivity contribution in [3.63, 3.8) is 0 Å². The fraction of sp³-hybridized carbons (Fsp3) is 0.533. The minimum Gasteiger partial charge on any atom is -0.469 e. The van der Waals surface area contributed by atoms with Gasteiger partial charge in [0.2, 0.25) is 0 Å². The van der Waals surface area contributed by atoms with Crippen LogP contribution in [0.25, 0.3) is 0 Å². The highest BCUT2D eigenvalue weighted by atomic mass is 32.2. The molecule has 1 N–H and O–H groups in total. The Hall–Kier alpha value is -1.27. The summed E-state index contributed by atoms with van der Waals surface area (Å²) in [6, 6.07) is 6.13. The molecule has 1 aromatic carbocycles. The molecule has 0 aromatic heterocycles. The van der Waals surface area contributed by atoms with Crippen LogP contribution in [0.15, 0.2) is 24.3 Å². The zero-order chi connectivity index (χ0) is 16.3. The highest BCUT2D eigenvalue weighted by Crippen LogP contribution is 2.29. The lowest BCUT2D eigenvalue weighted by Crippen LogP contribution is -2.48. The van der Waals surface area contributed by atoms with Gasteiger partial charge in [-0.1, -0.05) is 18.2 Å². The molecule has 0 fully saturated rings. The van der Waals surface area contributed by atoms with Gasteiger partial charge >= 0.3 is 5.97 Å². The van der Waals surface area contributed by atoms with E-state index in [-0.39, 0.29) is 12.0 Å². The van der Waals surface area contributed by atoms with Crippen molar-refractivity contribution in [1.82, 2.24) is 4.72 Å². The number of hydrogen-bond acceptors (Lipinski definition) is 3. The fourth-order valence-electron chi connectivity index (χ4n) is 1.81. The van der Waals surface area contributed by atoms with Gasteiger partial charge in [-0.2, -0.15) is 0 Å². The summed E-state index contributed by atoms with van der Waals surface area (Å²) >= 11 is 0. The van der Waals surface area contributed by atoms with E-state index in [2.05, 4.69) is 9.46 Å². The molecule has 0 radical (unpaired) electrons. The molecule has 0 bridgehead atoms. The second kappa shape index (κ2) is 6.66. The number of ether oxygens (including phenoxy) is 1. The number of esters is 1. The van der Waals surface area contributed by atoms with Crippen LogP contribution < -0.4 is 4.72 Å². The Morgan fingerprint density at radius 3 is 2.33 bits per heavy atom. The smallest absolute Gasteiger partial charge is 0.307 e. The van der Waals surface area contributed by atoms with Crippen molar-refractivity contribution in [1.29, 1.82) is 0 Å². The van der Waals surface area contributed by atoms with E-state index in [0.717, 1.165) is 0 Å². The quantitative estimate of drug-likeness (QED) is 0.850. The molecule has 1 rings (SSSR count). The van der Waals surface area contributed by atoms with Gasteiger partial charge in [0.05, 0.1) is 34.8 Å². The van der Waals surface area contributed by atoms with Crippen LogP contribution in [-0.4, -0.2) is 22.0 Å². The summed E-state index contributed by atoms with van der Waals surface area (Å²) in [6.45, 7) is 7.05. The van der Waals surface area contributed by atoms with Gasteiger partial charge in [0, 0.05) is 5.56 Å². The maximum absolute atomic E-state index is 14.1. The van der Waals surface area contributed by atoms with Gasteiger partial charge in [0.15, 0.2) is 0 Å². The predicted molar refractivity (Wildman–Crippen MR) is 81.4 cm³/mol. The predicted octanol–water partition coefficient (Wildman–Crippen LogP) is 2.66. The van der Waals surface area contributed by atoms with Gasteiger partial charge in [0.25, 0.3) is 0 Å². The number of carbonyl (C=O) groups excluding carboxylic acids is 1. The van der Waals surface area contributed by atoms with Crippen molar-refractivity contribution in [2.24, 2.45) is 0 Å². The topological polar surface area (TPSA) is 55.4 Å². The molecule has 0 aliphatic heterocycles. The SMILES string of the molecule is COC(=O)C[C@](C)(N[S@@](=O)C(C)(C)C)c1ccccc1F. The minimum atomic E-state index is -1.46. The van der Waals surface area contributed by atoms with Crippen molar-refractivity contribution in [3.8, 4) is 0 Å². The normalized spacial score (nSPS) is 16.1. The molecule has 0 spiro atoms. The first kappa shape index (κ1) is 17.8. The van der Waals surface area contributed by atoms with Crippen LogP contribution in [0.4, 0.5) is 4.39 Å². The van der Waals surface area contributed by atoms with Crippen LogP contribution in [0.2, 0.25) is 0 Å². The number of methoxy groups -OCH3 is 1. The third-order valence-electron chi connectivity index (χ3n) is 3.07. The Morgan fingerprint density at radius 2 is 1.86 bits per heavy atom. The Labute approximate surface area is 127 Å². The van der Waals surface area contributed by atoms with E-state index in [0.29, 0.717) is 0 Å². The van der Waals surface area contributed by atoms with E-state index in [1.165, 1.54) is 13.2 Å². The van der Waals surface area contributed by atoms with Crippen molar-refractivity contribution >= 4 is 17.0 Å². The Bertz CT molecular complexity index is 542. The molecular weight excluding hydrogens is 293 g/mol. The molecule has 0 saturated heterocycles. The average molecular weight is 315 g/mol. The van der Waals surface area contributed by atoms with Crippen molar-refractivity contribution in [2.75, 3.05) is 7.11 Å². The largest absolute Gasteiger partial charge is 0.469 e. The molecule has 21 heavy (non-hydrogen) atoms. The van der Waals surface area contributed by atoms with Gasteiger partial charge in [0.1, 0.15) is 5.82 Å². The maximum atomic E-state index is 14.1. The molecule has 0 aliphatic carbocycles. The average Bonchev–Trinajstić information content (AvgIpc) is 2.37. The maximum Gasteiger partial charge on any atom is 0.307 e. The lowest BCUT2D eigenvalue weighted by Gasteiger charge is -2.33. The summed E-state index contributed by atoms with van der Waals surface area (Å²) in [5.41, 5.74) is -0.829.